The summed E-state index contributed by atoms with van der Waals surface area (Å²) in [6.45, 7) is 1.25. The summed E-state index contributed by atoms with van der Waals surface area (Å²) in [5.41, 5.74) is -0.636. The Bertz CT molecular complexity index is 2550. The monoisotopic (exact) mass is 829 g/mol. The number of nitrogens with zero attached hydrogens (tertiary/aromatic N) is 10. The number of rotatable bonds is 11. The summed E-state index contributed by atoms with van der Waals surface area (Å²) < 4.78 is 93.1. The van der Waals surface area contributed by atoms with Gasteiger partial charge in [-0.15, -0.1) is 0 Å². The Kier molecular flexibility index (Phi) is 10.4. The standard InChI is InChI=1S/C37H34ClF6N11O3/c1-18-45-14-20(15-46-18)24-12-28(37(42,43)44)50-55(24)17-36(2,3)49-33(56)26(10-19-13-47-54(16-19)35(40)41)53-9-8-21-22(6-7-23(39)29(21)34(53)57)30-27(58-5)11-25-31(48-30)32(38)51-52(25)4/h6-7,11-16,26,35H,8-10,17H2,1-5H3,(H,49,56)/t26-/m1/s1. The van der Waals surface area contributed by atoms with E-state index < -0.39 is 47.6 Å². The second kappa shape index (κ2) is 15.0. The topological polar surface area (TPSA) is 151 Å². The number of pyridine rings is 1. The van der Waals surface area contributed by atoms with E-state index in [9.17, 15) is 31.5 Å². The van der Waals surface area contributed by atoms with E-state index in [4.69, 9.17) is 16.3 Å². The predicted octanol–water partition coefficient (Wildman–Crippen LogP) is 6.21. The zero-order valence-corrected chi connectivity index (χ0v) is 32.2. The highest BCUT2D eigenvalue weighted by molar-refractivity contribution is 6.33. The van der Waals surface area contributed by atoms with Crippen LogP contribution in [0.25, 0.3) is 33.5 Å². The van der Waals surface area contributed by atoms with E-state index in [2.05, 4.69) is 35.6 Å². The van der Waals surface area contributed by atoms with Gasteiger partial charge in [0.05, 0.1) is 42.2 Å². The summed E-state index contributed by atoms with van der Waals surface area (Å²) >= 11 is 6.35. The molecule has 7 rings (SSSR count). The third-order valence-corrected chi connectivity index (χ3v) is 9.94. The molecule has 1 atom stereocenters. The molecule has 5 aromatic heterocycles. The molecule has 2 amide bonds. The van der Waals surface area contributed by atoms with Gasteiger partial charge in [0.2, 0.25) is 5.91 Å². The molecule has 0 unspecified atom stereocenters. The number of aromatic nitrogens is 9. The molecule has 1 aromatic carbocycles. The molecule has 0 bridgehead atoms. The third kappa shape index (κ3) is 7.67. The van der Waals surface area contributed by atoms with Crippen molar-refractivity contribution in [2.24, 2.45) is 7.05 Å². The van der Waals surface area contributed by atoms with Crippen LogP contribution in [0, 0.1) is 12.7 Å². The molecule has 0 spiro atoms. The van der Waals surface area contributed by atoms with E-state index in [-0.39, 0.29) is 64.7 Å². The number of nitrogens with one attached hydrogen (secondary N) is 1. The Morgan fingerprint density at radius 3 is 2.47 bits per heavy atom. The zero-order valence-electron chi connectivity index (χ0n) is 31.4. The normalized spacial score (nSPS) is 14.0. The number of hydrogen-bond donors (Lipinski definition) is 1. The zero-order chi connectivity index (χ0) is 41.8. The van der Waals surface area contributed by atoms with Gasteiger partial charge in [0.1, 0.15) is 34.6 Å². The highest BCUT2D eigenvalue weighted by atomic mass is 35.5. The minimum Gasteiger partial charge on any atom is -0.494 e. The van der Waals surface area contributed by atoms with Crippen LogP contribution in [0.5, 0.6) is 5.75 Å². The number of amides is 2. The van der Waals surface area contributed by atoms with Crippen molar-refractivity contribution in [2.75, 3.05) is 13.7 Å². The molecule has 21 heteroatoms. The number of alkyl halides is 5. The highest BCUT2D eigenvalue weighted by Crippen LogP contribution is 2.39. The number of ether oxygens (including phenoxy) is 1. The van der Waals surface area contributed by atoms with Gasteiger partial charge in [-0.25, -0.2) is 24.0 Å². The number of carbonyl (C=O) groups excluding carboxylic acids is 2. The van der Waals surface area contributed by atoms with Crippen LogP contribution >= 0.6 is 11.6 Å². The van der Waals surface area contributed by atoms with Crippen LogP contribution in [0.1, 0.15) is 53.4 Å². The summed E-state index contributed by atoms with van der Waals surface area (Å²) in [4.78, 5) is 42.8. The predicted molar refractivity (Wildman–Crippen MR) is 196 cm³/mol. The molecule has 0 saturated heterocycles. The Hall–Kier alpha value is -6.05. The summed E-state index contributed by atoms with van der Waals surface area (Å²) in [5.74, 6) is -1.87. The SMILES string of the molecule is COc1cc2c(nc1-c1ccc(F)c3c1CCN([C@H](Cc1cnn(C(F)F)c1)C(=O)NC(C)(C)Cn1nc(C(F)(F)F)cc1-c1cnc(C)nc1)C3=O)c(Cl)nn2C. The van der Waals surface area contributed by atoms with Crippen LogP contribution in [-0.4, -0.2) is 86.2 Å². The minimum absolute atomic E-state index is 0.0239. The lowest BCUT2D eigenvalue weighted by molar-refractivity contribution is -0.141. The summed E-state index contributed by atoms with van der Waals surface area (Å²) in [6, 6.07) is 3.63. The third-order valence-electron chi connectivity index (χ3n) is 9.68. The molecular weight excluding hydrogens is 796 g/mol. The number of fused-ring (bicyclic) bond motifs is 2. The van der Waals surface area contributed by atoms with Gasteiger partial charge in [-0.2, -0.15) is 37.2 Å². The molecule has 6 heterocycles. The average molecular weight is 830 g/mol. The van der Waals surface area contributed by atoms with E-state index in [1.165, 1.54) is 44.1 Å². The Morgan fingerprint density at radius 2 is 1.81 bits per heavy atom. The number of carbonyl (C=O) groups is 2. The number of halogens is 7. The van der Waals surface area contributed by atoms with E-state index in [0.717, 1.165) is 34.1 Å². The lowest BCUT2D eigenvalue weighted by Gasteiger charge is -2.37. The van der Waals surface area contributed by atoms with Gasteiger partial charge in [0, 0.05) is 55.8 Å². The van der Waals surface area contributed by atoms with Crippen LogP contribution in [0.15, 0.2) is 49.1 Å². The fourth-order valence-electron chi connectivity index (χ4n) is 6.99. The van der Waals surface area contributed by atoms with Crippen LogP contribution < -0.4 is 10.1 Å². The lowest BCUT2D eigenvalue weighted by Crippen LogP contribution is -2.58. The molecule has 14 nitrogen and oxygen atoms in total. The second-order valence-electron chi connectivity index (χ2n) is 14.3. The lowest BCUT2D eigenvalue weighted by atomic mass is 9.89. The van der Waals surface area contributed by atoms with Crippen molar-refractivity contribution in [1.29, 1.82) is 0 Å². The molecule has 58 heavy (non-hydrogen) atoms. The number of aryl methyl sites for hydroxylation is 2. The van der Waals surface area contributed by atoms with Gasteiger partial charge >= 0.3 is 12.7 Å². The molecule has 0 saturated carbocycles. The molecule has 0 radical (unpaired) electrons. The van der Waals surface area contributed by atoms with E-state index in [1.807, 2.05) is 0 Å². The fraction of sp³-hybridized carbons (Fsp3) is 0.351. The quantitative estimate of drug-likeness (QED) is 0.150. The number of methoxy groups -OCH3 is 1. The molecular formula is C37H34ClF6N11O3. The maximum atomic E-state index is 15.8. The number of benzene rings is 1. The Balaban J connectivity index is 1.24. The maximum absolute atomic E-state index is 15.8. The first-order chi connectivity index (χ1) is 27.3. The van der Waals surface area contributed by atoms with E-state index in [1.54, 1.807) is 20.0 Å². The summed E-state index contributed by atoms with van der Waals surface area (Å²) in [6.07, 6.45) is -0.264. The van der Waals surface area contributed by atoms with Gasteiger partial charge < -0.3 is 15.0 Å². The smallest absolute Gasteiger partial charge is 0.435 e. The van der Waals surface area contributed by atoms with Crippen molar-refractivity contribution in [1.82, 2.24) is 54.5 Å². The van der Waals surface area contributed by atoms with Gasteiger partial charge in [-0.1, -0.05) is 11.6 Å². The maximum Gasteiger partial charge on any atom is 0.435 e. The van der Waals surface area contributed by atoms with Gasteiger partial charge in [0.25, 0.3) is 5.91 Å². The van der Waals surface area contributed by atoms with Crippen molar-refractivity contribution in [3.05, 3.63) is 88.2 Å². The van der Waals surface area contributed by atoms with Gasteiger partial charge in [0.15, 0.2) is 10.8 Å². The van der Waals surface area contributed by atoms with Crippen molar-refractivity contribution < 1.29 is 40.7 Å². The van der Waals surface area contributed by atoms with Crippen LogP contribution in [0.3, 0.4) is 0 Å². The van der Waals surface area contributed by atoms with Crippen LogP contribution in [-0.2, 0) is 37.4 Å². The molecule has 304 valence electrons. The Morgan fingerprint density at radius 1 is 1.09 bits per heavy atom. The first-order valence-corrected chi connectivity index (χ1v) is 18.0. The van der Waals surface area contributed by atoms with Crippen LogP contribution in [0.2, 0.25) is 5.15 Å². The first kappa shape index (κ1) is 40.2. The molecule has 0 aliphatic carbocycles. The van der Waals surface area contributed by atoms with E-state index in [0.29, 0.717) is 32.9 Å². The fourth-order valence-corrected chi connectivity index (χ4v) is 7.25. The molecule has 0 fully saturated rings. The summed E-state index contributed by atoms with van der Waals surface area (Å²) in [5, 5.41) is 14.5. The van der Waals surface area contributed by atoms with E-state index >= 15 is 4.39 Å². The van der Waals surface area contributed by atoms with Crippen molar-refractivity contribution in [3.8, 4) is 28.3 Å². The molecule has 6 aromatic rings. The first-order valence-electron chi connectivity index (χ1n) is 17.6. The number of hydrogen-bond acceptors (Lipinski definition) is 9. The highest BCUT2D eigenvalue weighted by Gasteiger charge is 2.40. The largest absolute Gasteiger partial charge is 0.494 e. The summed E-state index contributed by atoms with van der Waals surface area (Å²) in [7, 11) is 3.10. The van der Waals surface area contributed by atoms with Crippen LogP contribution in [0.4, 0.5) is 26.3 Å². The van der Waals surface area contributed by atoms with Crippen molar-refractivity contribution in [3.63, 3.8) is 0 Å². The van der Waals surface area contributed by atoms with Gasteiger partial charge in [-0.3, -0.25) is 19.0 Å². The average Bonchev–Trinajstić information content (AvgIpc) is 3.88. The molecule has 1 aliphatic rings. The Labute approximate surface area is 330 Å². The van der Waals surface area contributed by atoms with Gasteiger partial charge in [-0.05, 0) is 56.5 Å². The second-order valence-corrected chi connectivity index (χ2v) is 14.7. The minimum atomic E-state index is -4.80. The van der Waals surface area contributed by atoms with Crippen molar-refractivity contribution >= 4 is 34.4 Å². The molecule has 1 aliphatic heterocycles. The molecule has 1 N–H and O–H groups in total. The van der Waals surface area contributed by atoms with Crippen molar-refractivity contribution in [2.45, 2.75) is 64.5 Å².